The number of nitrogens with zero attached hydrogens (tertiary/aromatic N) is 1. The number of amides is 3. The topological polar surface area (TPSA) is 78.5 Å². The minimum absolute atomic E-state index is 0.0584. The SMILES string of the molecule is C#CCNC(=O)c1ccccc1NC(=O)c1cccc(N2CCCC2=O)c1. The van der Waals surface area contributed by atoms with E-state index in [1.807, 2.05) is 0 Å². The highest BCUT2D eigenvalue weighted by Gasteiger charge is 2.22. The highest BCUT2D eigenvalue weighted by Crippen LogP contribution is 2.23. The van der Waals surface area contributed by atoms with Gasteiger partial charge in [0.25, 0.3) is 11.8 Å². The Kier molecular flexibility index (Phi) is 5.53. The van der Waals surface area contributed by atoms with Gasteiger partial charge < -0.3 is 15.5 Å². The lowest BCUT2D eigenvalue weighted by molar-refractivity contribution is -0.117. The number of para-hydroxylation sites is 1. The number of anilines is 2. The van der Waals surface area contributed by atoms with Crippen LogP contribution < -0.4 is 15.5 Å². The zero-order valence-corrected chi connectivity index (χ0v) is 14.7. The van der Waals surface area contributed by atoms with Crippen molar-refractivity contribution in [3.05, 3.63) is 59.7 Å². The fourth-order valence-corrected chi connectivity index (χ4v) is 2.95. The second-order valence-corrected chi connectivity index (χ2v) is 6.09. The van der Waals surface area contributed by atoms with E-state index >= 15 is 0 Å². The average Bonchev–Trinajstić information content (AvgIpc) is 3.12. The third-order valence-corrected chi connectivity index (χ3v) is 4.26. The van der Waals surface area contributed by atoms with E-state index in [0.717, 1.165) is 6.42 Å². The van der Waals surface area contributed by atoms with Crippen LogP contribution in [0.5, 0.6) is 0 Å². The largest absolute Gasteiger partial charge is 0.341 e. The number of nitrogens with one attached hydrogen (secondary N) is 2. The van der Waals surface area contributed by atoms with Crippen LogP contribution in [-0.2, 0) is 4.79 Å². The first-order valence-electron chi connectivity index (χ1n) is 8.62. The van der Waals surface area contributed by atoms with Crippen molar-refractivity contribution >= 4 is 29.1 Å². The van der Waals surface area contributed by atoms with Gasteiger partial charge in [-0.15, -0.1) is 6.42 Å². The lowest BCUT2D eigenvalue weighted by atomic mass is 10.1. The third-order valence-electron chi connectivity index (χ3n) is 4.26. The summed E-state index contributed by atoms with van der Waals surface area (Å²) in [6, 6.07) is 13.6. The quantitative estimate of drug-likeness (QED) is 0.803. The predicted octanol–water partition coefficient (Wildman–Crippen LogP) is 2.43. The maximum Gasteiger partial charge on any atom is 0.255 e. The number of hydrogen-bond donors (Lipinski definition) is 2. The Bertz CT molecular complexity index is 930. The molecule has 3 amide bonds. The van der Waals surface area contributed by atoms with Crippen molar-refractivity contribution in [2.45, 2.75) is 12.8 Å². The first-order valence-corrected chi connectivity index (χ1v) is 8.62. The predicted molar refractivity (Wildman–Crippen MR) is 104 cm³/mol. The molecule has 2 aromatic rings. The van der Waals surface area contributed by atoms with Gasteiger partial charge in [0.05, 0.1) is 17.8 Å². The van der Waals surface area contributed by atoms with Crippen LogP contribution in [0.25, 0.3) is 0 Å². The molecule has 1 saturated heterocycles. The number of carbonyl (C=O) groups excluding carboxylic acids is 3. The molecule has 0 bridgehead atoms. The van der Waals surface area contributed by atoms with Gasteiger partial charge in [0.2, 0.25) is 5.91 Å². The molecule has 0 aliphatic carbocycles. The van der Waals surface area contributed by atoms with E-state index < -0.39 is 0 Å². The summed E-state index contributed by atoms with van der Waals surface area (Å²) in [5.41, 5.74) is 1.82. The van der Waals surface area contributed by atoms with E-state index in [1.165, 1.54) is 0 Å². The zero-order chi connectivity index (χ0) is 19.2. The van der Waals surface area contributed by atoms with Crippen molar-refractivity contribution in [3.8, 4) is 12.3 Å². The smallest absolute Gasteiger partial charge is 0.255 e. The number of rotatable bonds is 5. The Morgan fingerprint density at radius 3 is 2.67 bits per heavy atom. The summed E-state index contributed by atoms with van der Waals surface area (Å²) in [5, 5.41) is 5.34. The monoisotopic (exact) mass is 361 g/mol. The van der Waals surface area contributed by atoms with Gasteiger partial charge in [0, 0.05) is 24.2 Å². The summed E-state index contributed by atoms with van der Waals surface area (Å²) in [5.74, 6) is 1.68. The third kappa shape index (κ3) is 4.15. The van der Waals surface area contributed by atoms with E-state index in [-0.39, 0.29) is 24.3 Å². The molecule has 3 rings (SSSR count). The van der Waals surface area contributed by atoms with Crippen LogP contribution in [0.4, 0.5) is 11.4 Å². The van der Waals surface area contributed by atoms with Crippen molar-refractivity contribution in [1.82, 2.24) is 5.32 Å². The number of hydrogen-bond acceptors (Lipinski definition) is 3. The van der Waals surface area contributed by atoms with Crippen LogP contribution in [0, 0.1) is 12.3 Å². The van der Waals surface area contributed by atoms with Gasteiger partial charge in [-0.3, -0.25) is 14.4 Å². The second kappa shape index (κ2) is 8.19. The molecule has 0 radical (unpaired) electrons. The van der Waals surface area contributed by atoms with E-state index in [4.69, 9.17) is 6.42 Å². The molecular weight excluding hydrogens is 342 g/mol. The molecule has 136 valence electrons. The minimum atomic E-state index is -0.361. The summed E-state index contributed by atoms with van der Waals surface area (Å²) in [6.45, 7) is 0.759. The van der Waals surface area contributed by atoms with Crippen molar-refractivity contribution in [2.24, 2.45) is 0 Å². The van der Waals surface area contributed by atoms with Gasteiger partial charge in [0.15, 0.2) is 0 Å². The molecule has 1 fully saturated rings. The zero-order valence-electron chi connectivity index (χ0n) is 14.7. The van der Waals surface area contributed by atoms with Crippen LogP contribution in [-0.4, -0.2) is 30.8 Å². The Labute approximate surface area is 157 Å². The van der Waals surface area contributed by atoms with Crippen LogP contribution in [0.1, 0.15) is 33.6 Å². The molecule has 1 heterocycles. The van der Waals surface area contributed by atoms with Gasteiger partial charge in [-0.05, 0) is 36.8 Å². The lowest BCUT2D eigenvalue weighted by Crippen LogP contribution is -2.26. The Morgan fingerprint density at radius 2 is 1.93 bits per heavy atom. The Balaban J connectivity index is 1.79. The molecule has 0 saturated carbocycles. The van der Waals surface area contributed by atoms with Crippen molar-refractivity contribution in [3.63, 3.8) is 0 Å². The van der Waals surface area contributed by atoms with E-state index in [0.29, 0.717) is 35.5 Å². The highest BCUT2D eigenvalue weighted by molar-refractivity contribution is 6.09. The number of benzene rings is 2. The second-order valence-electron chi connectivity index (χ2n) is 6.09. The Morgan fingerprint density at radius 1 is 1.11 bits per heavy atom. The summed E-state index contributed by atoms with van der Waals surface area (Å²) < 4.78 is 0. The molecule has 0 unspecified atom stereocenters. The van der Waals surface area contributed by atoms with Crippen LogP contribution >= 0.6 is 0 Å². The highest BCUT2D eigenvalue weighted by atomic mass is 16.2. The first-order chi connectivity index (χ1) is 13.1. The molecule has 27 heavy (non-hydrogen) atoms. The summed E-state index contributed by atoms with van der Waals surface area (Å²) >= 11 is 0. The normalized spacial score (nSPS) is 13.1. The van der Waals surface area contributed by atoms with Crippen molar-refractivity contribution < 1.29 is 14.4 Å². The molecule has 0 atom stereocenters. The standard InChI is InChI=1S/C21H19N3O3/c1-2-12-22-21(27)17-9-3-4-10-18(17)23-20(26)15-7-5-8-16(14-15)24-13-6-11-19(24)25/h1,3-5,7-10,14H,6,11-13H2,(H,22,27)(H,23,26). The van der Waals surface area contributed by atoms with Crippen LogP contribution in [0.3, 0.4) is 0 Å². The van der Waals surface area contributed by atoms with E-state index in [9.17, 15) is 14.4 Å². The van der Waals surface area contributed by atoms with Gasteiger partial charge in [-0.2, -0.15) is 0 Å². The fourth-order valence-electron chi connectivity index (χ4n) is 2.95. The molecular formula is C21H19N3O3. The maximum absolute atomic E-state index is 12.7. The van der Waals surface area contributed by atoms with Crippen LogP contribution in [0.2, 0.25) is 0 Å². The molecule has 1 aliphatic heterocycles. The molecule has 0 aromatic heterocycles. The first kappa shape index (κ1) is 18.2. The van der Waals surface area contributed by atoms with Crippen molar-refractivity contribution in [1.29, 1.82) is 0 Å². The Hall–Kier alpha value is -3.59. The number of carbonyl (C=O) groups is 3. The van der Waals surface area contributed by atoms with Crippen molar-refractivity contribution in [2.75, 3.05) is 23.3 Å². The summed E-state index contributed by atoms with van der Waals surface area (Å²) in [7, 11) is 0. The van der Waals surface area contributed by atoms with Gasteiger partial charge >= 0.3 is 0 Å². The average molecular weight is 361 g/mol. The fraction of sp³-hybridized carbons (Fsp3) is 0.190. The van der Waals surface area contributed by atoms with Gasteiger partial charge in [-0.25, -0.2) is 0 Å². The van der Waals surface area contributed by atoms with E-state index in [1.54, 1.807) is 53.4 Å². The maximum atomic E-state index is 12.7. The molecule has 6 nitrogen and oxygen atoms in total. The molecule has 2 N–H and O–H groups in total. The molecule has 0 spiro atoms. The lowest BCUT2D eigenvalue weighted by Gasteiger charge is -2.16. The summed E-state index contributed by atoms with van der Waals surface area (Å²) in [4.78, 5) is 38.5. The van der Waals surface area contributed by atoms with E-state index in [2.05, 4.69) is 16.6 Å². The van der Waals surface area contributed by atoms with Gasteiger partial charge in [-0.1, -0.05) is 24.1 Å². The van der Waals surface area contributed by atoms with Gasteiger partial charge in [0.1, 0.15) is 0 Å². The molecule has 6 heteroatoms. The number of terminal acetylenes is 1. The molecule has 1 aliphatic rings. The van der Waals surface area contributed by atoms with Crippen LogP contribution in [0.15, 0.2) is 48.5 Å². The minimum Gasteiger partial charge on any atom is -0.341 e. The summed E-state index contributed by atoms with van der Waals surface area (Å²) in [6.07, 6.45) is 6.50. The molecule has 2 aromatic carbocycles.